The predicted molar refractivity (Wildman–Crippen MR) is 58.4 cm³/mol. The highest BCUT2D eigenvalue weighted by Crippen LogP contribution is 2.03. The van der Waals surface area contributed by atoms with Gasteiger partial charge in [0, 0.05) is 24.2 Å². The van der Waals surface area contributed by atoms with Crippen molar-refractivity contribution in [2.75, 3.05) is 5.33 Å². The molecule has 0 saturated carbocycles. The zero-order chi connectivity index (χ0) is 10.4. The number of carbonyl (C=O) groups is 1. The van der Waals surface area contributed by atoms with E-state index < -0.39 is 0 Å². The van der Waals surface area contributed by atoms with Crippen molar-refractivity contribution in [2.24, 2.45) is 0 Å². The van der Waals surface area contributed by atoms with E-state index in [9.17, 15) is 4.79 Å². The average molecular weight is 260 g/mol. The Morgan fingerprint density at radius 2 is 2.50 bits per heavy atom. The molecule has 0 spiro atoms. The molecule has 1 rings (SSSR count). The van der Waals surface area contributed by atoms with Gasteiger partial charge in [0.05, 0.1) is 6.26 Å². The Balaban J connectivity index is 2.22. The monoisotopic (exact) mass is 259 g/mol. The van der Waals surface area contributed by atoms with Gasteiger partial charge in [-0.15, -0.1) is 0 Å². The summed E-state index contributed by atoms with van der Waals surface area (Å²) in [5.74, 6) is 0.917. The Morgan fingerprint density at radius 3 is 3.07 bits per heavy atom. The van der Waals surface area contributed by atoms with Gasteiger partial charge in [-0.05, 0) is 19.1 Å². The lowest BCUT2D eigenvalue weighted by Crippen LogP contribution is -2.33. The van der Waals surface area contributed by atoms with Crippen molar-refractivity contribution in [2.45, 2.75) is 25.8 Å². The van der Waals surface area contributed by atoms with E-state index in [0.717, 1.165) is 11.1 Å². The molecule has 78 valence electrons. The Morgan fingerprint density at radius 1 is 1.71 bits per heavy atom. The average Bonchev–Trinajstić information content (AvgIpc) is 2.67. The van der Waals surface area contributed by atoms with Crippen LogP contribution in [0.2, 0.25) is 0 Å². The van der Waals surface area contributed by atoms with E-state index in [2.05, 4.69) is 21.2 Å². The van der Waals surface area contributed by atoms with Crippen LogP contribution in [-0.4, -0.2) is 17.3 Å². The van der Waals surface area contributed by atoms with Gasteiger partial charge in [-0.3, -0.25) is 4.79 Å². The van der Waals surface area contributed by atoms with Gasteiger partial charge in [0.25, 0.3) is 0 Å². The van der Waals surface area contributed by atoms with Crippen LogP contribution in [0.3, 0.4) is 0 Å². The lowest BCUT2D eigenvalue weighted by Gasteiger charge is -2.09. The van der Waals surface area contributed by atoms with E-state index in [-0.39, 0.29) is 11.9 Å². The molecule has 0 saturated heterocycles. The first-order chi connectivity index (χ1) is 6.72. The molecule has 1 heterocycles. The van der Waals surface area contributed by atoms with E-state index in [1.807, 2.05) is 19.1 Å². The molecule has 3 nitrogen and oxygen atoms in total. The van der Waals surface area contributed by atoms with Crippen molar-refractivity contribution in [3.8, 4) is 0 Å². The minimum atomic E-state index is 0.0633. The highest BCUT2D eigenvalue weighted by molar-refractivity contribution is 9.09. The fourth-order valence-electron chi connectivity index (χ4n) is 1.08. The maximum absolute atomic E-state index is 11.3. The molecule has 0 aliphatic carbocycles. The second-order valence-corrected chi connectivity index (χ2v) is 3.85. The zero-order valence-electron chi connectivity index (χ0n) is 8.13. The van der Waals surface area contributed by atoms with Crippen LogP contribution in [0.15, 0.2) is 22.8 Å². The van der Waals surface area contributed by atoms with Crippen LogP contribution in [0.1, 0.15) is 19.1 Å². The van der Waals surface area contributed by atoms with Gasteiger partial charge < -0.3 is 9.73 Å². The summed E-state index contributed by atoms with van der Waals surface area (Å²) in [6.45, 7) is 1.96. The molecule has 1 aromatic heterocycles. The molecule has 4 heteroatoms. The van der Waals surface area contributed by atoms with Gasteiger partial charge in [0.15, 0.2) is 0 Å². The highest BCUT2D eigenvalue weighted by Gasteiger charge is 2.06. The number of carbonyl (C=O) groups excluding carboxylic acids is 1. The summed E-state index contributed by atoms with van der Waals surface area (Å²) in [6.07, 6.45) is 2.76. The summed E-state index contributed by atoms with van der Waals surface area (Å²) in [4.78, 5) is 11.3. The van der Waals surface area contributed by atoms with Gasteiger partial charge in [-0.1, -0.05) is 15.9 Å². The third kappa shape index (κ3) is 3.96. The molecule has 1 aromatic rings. The van der Waals surface area contributed by atoms with Crippen molar-refractivity contribution in [3.05, 3.63) is 24.2 Å². The van der Waals surface area contributed by atoms with Crippen molar-refractivity contribution in [1.82, 2.24) is 5.32 Å². The Kier molecular flexibility index (Phi) is 4.73. The Hall–Kier alpha value is -0.770. The Bertz CT molecular complexity index is 272. The number of nitrogens with one attached hydrogen (secondary N) is 1. The normalized spacial score (nSPS) is 12.4. The van der Waals surface area contributed by atoms with E-state index >= 15 is 0 Å². The first-order valence-corrected chi connectivity index (χ1v) is 5.72. The predicted octanol–water partition coefficient (Wildman–Crippen LogP) is 2.11. The van der Waals surface area contributed by atoms with Crippen LogP contribution < -0.4 is 5.32 Å². The smallest absolute Gasteiger partial charge is 0.220 e. The van der Waals surface area contributed by atoms with Gasteiger partial charge in [0.1, 0.15) is 5.76 Å². The van der Waals surface area contributed by atoms with Crippen LogP contribution in [-0.2, 0) is 11.2 Å². The van der Waals surface area contributed by atoms with E-state index in [0.29, 0.717) is 12.8 Å². The second kappa shape index (κ2) is 5.86. The maximum Gasteiger partial charge on any atom is 0.220 e. The molecule has 1 N–H and O–H groups in total. The molecule has 0 aromatic carbocycles. The first kappa shape index (κ1) is 11.3. The number of rotatable bonds is 5. The molecule has 0 aliphatic heterocycles. The summed E-state index contributed by atoms with van der Waals surface area (Å²) in [5, 5.41) is 3.64. The topological polar surface area (TPSA) is 42.2 Å². The number of halogens is 1. The van der Waals surface area contributed by atoms with Gasteiger partial charge >= 0.3 is 0 Å². The maximum atomic E-state index is 11.3. The lowest BCUT2D eigenvalue weighted by molar-refractivity contribution is -0.121. The molecule has 1 unspecified atom stereocenters. The number of aryl methyl sites for hydroxylation is 1. The number of furan rings is 1. The molecule has 0 bridgehead atoms. The van der Waals surface area contributed by atoms with Gasteiger partial charge in [0.2, 0.25) is 5.91 Å². The van der Waals surface area contributed by atoms with Gasteiger partial charge in [-0.2, -0.15) is 0 Å². The van der Waals surface area contributed by atoms with E-state index in [4.69, 9.17) is 4.42 Å². The summed E-state index contributed by atoms with van der Waals surface area (Å²) in [7, 11) is 0. The molecule has 1 amide bonds. The van der Waals surface area contributed by atoms with Gasteiger partial charge in [-0.25, -0.2) is 0 Å². The van der Waals surface area contributed by atoms with Crippen molar-refractivity contribution in [1.29, 1.82) is 0 Å². The van der Waals surface area contributed by atoms with E-state index in [1.54, 1.807) is 6.26 Å². The molecule has 14 heavy (non-hydrogen) atoms. The number of amides is 1. The first-order valence-electron chi connectivity index (χ1n) is 4.60. The van der Waals surface area contributed by atoms with E-state index in [1.165, 1.54) is 0 Å². The third-order valence-corrected chi connectivity index (χ3v) is 2.79. The fraction of sp³-hybridized carbons (Fsp3) is 0.500. The quantitative estimate of drug-likeness (QED) is 0.824. The highest BCUT2D eigenvalue weighted by atomic mass is 79.9. The summed E-state index contributed by atoms with van der Waals surface area (Å²) in [5.41, 5.74) is 0. The van der Waals surface area contributed by atoms with Crippen molar-refractivity contribution >= 4 is 21.8 Å². The molecule has 0 aliphatic rings. The summed E-state index contributed by atoms with van der Waals surface area (Å²) in [6, 6.07) is 3.88. The van der Waals surface area contributed by atoms with Crippen LogP contribution in [0, 0.1) is 0 Å². The fourth-order valence-corrected chi connectivity index (χ4v) is 1.24. The Labute approximate surface area is 92.0 Å². The summed E-state index contributed by atoms with van der Waals surface area (Å²) >= 11 is 3.30. The number of hydrogen-bond donors (Lipinski definition) is 1. The number of hydrogen-bond acceptors (Lipinski definition) is 2. The SMILES string of the molecule is CC(CBr)NC(=O)CCc1ccco1. The molecule has 0 radical (unpaired) electrons. The second-order valence-electron chi connectivity index (χ2n) is 3.20. The molecule has 0 fully saturated rings. The van der Waals surface area contributed by atoms with Crippen molar-refractivity contribution < 1.29 is 9.21 Å². The molecule has 1 atom stereocenters. The third-order valence-electron chi connectivity index (χ3n) is 1.82. The lowest BCUT2D eigenvalue weighted by atomic mass is 10.2. The van der Waals surface area contributed by atoms with Crippen LogP contribution in [0.25, 0.3) is 0 Å². The minimum absolute atomic E-state index is 0.0633. The minimum Gasteiger partial charge on any atom is -0.469 e. The van der Waals surface area contributed by atoms with Crippen LogP contribution >= 0.6 is 15.9 Å². The molecular formula is C10H14BrNO2. The van der Waals surface area contributed by atoms with Crippen LogP contribution in [0.4, 0.5) is 0 Å². The molecular weight excluding hydrogens is 246 g/mol. The standard InChI is InChI=1S/C10H14BrNO2/c1-8(7-11)12-10(13)5-4-9-3-2-6-14-9/h2-3,6,8H,4-5,7H2,1H3,(H,12,13). The van der Waals surface area contributed by atoms with Crippen molar-refractivity contribution in [3.63, 3.8) is 0 Å². The zero-order valence-corrected chi connectivity index (χ0v) is 9.71. The summed E-state index contributed by atoms with van der Waals surface area (Å²) < 4.78 is 5.13. The van der Waals surface area contributed by atoms with Crippen LogP contribution in [0.5, 0.6) is 0 Å². The largest absolute Gasteiger partial charge is 0.469 e. The number of alkyl halides is 1.